The van der Waals surface area contributed by atoms with Crippen molar-refractivity contribution in [2.24, 2.45) is 0 Å². The molecule has 0 bridgehead atoms. The standard InChI is InChI=1S/C25H22FN5O2/c1-16-13-22(33-30-16)19-14-28-24(21-10-4-5-11-27-21)29-23(19)17-7-6-12-31(15-17)25(32)18-8-2-3-9-20(18)26/h2-5,8-11,13-14,17H,6-7,12,15H2,1H3. The van der Waals surface area contributed by atoms with Crippen molar-refractivity contribution in [2.45, 2.75) is 25.7 Å². The van der Waals surface area contributed by atoms with Gasteiger partial charge in [-0.05, 0) is 44.0 Å². The highest BCUT2D eigenvalue weighted by Crippen LogP contribution is 2.34. The van der Waals surface area contributed by atoms with Gasteiger partial charge in [0, 0.05) is 37.5 Å². The largest absolute Gasteiger partial charge is 0.356 e. The van der Waals surface area contributed by atoms with Crippen molar-refractivity contribution in [1.29, 1.82) is 0 Å². The van der Waals surface area contributed by atoms with Crippen LogP contribution in [0.1, 0.15) is 40.5 Å². The SMILES string of the molecule is Cc1cc(-c2cnc(-c3ccccn3)nc2C2CCCN(C(=O)c3ccccc3F)C2)on1. The van der Waals surface area contributed by atoms with Crippen LogP contribution in [-0.2, 0) is 0 Å². The van der Waals surface area contributed by atoms with E-state index < -0.39 is 5.82 Å². The molecule has 1 saturated heterocycles. The van der Waals surface area contributed by atoms with Gasteiger partial charge in [0.25, 0.3) is 5.91 Å². The lowest BCUT2D eigenvalue weighted by Crippen LogP contribution is -2.39. The third kappa shape index (κ3) is 4.24. The number of halogens is 1. The Morgan fingerprint density at radius 1 is 1.15 bits per heavy atom. The second-order valence-electron chi connectivity index (χ2n) is 8.11. The maximum absolute atomic E-state index is 14.2. The van der Waals surface area contributed by atoms with Crippen LogP contribution in [0.15, 0.2) is 65.4 Å². The highest BCUT2D eigenvalue weighted by Gasteiger charge is 2.30. The minimum atomic E-state index is -0.512. The van der Waals surface area contributed by atoms with E-state index >= 15 is 0 Å². The lowest BCUT2D eigenvalue weighted by atomic mass is 9.90. The molecule has 0 radical (unpaired) electrons. The van der Waals surface area contributed by atoms with Crippen LogP contribution in [0.5, 0.6) is 0 Å². The van der Waals surface area contributed by atoms with E-state index in [1.165, 1.54) is 12.1 Å². The van der Waals surface area contributed by atoms with Crippen molar-refractivity contribution in [2.75, 3.05) is 13.1 Å². The monoisotopic (exact) mass is 443 g/mol. The van der Waals surface area contributed by atoms with Gasteiger partial charge in [-0.1, -0.05) is 23.4 Å². The Labute approximate surface area is 190 Å². The summed E-state index contributed by atoms with van der Waals surface area (Å²) >= 11 is 0. The Morgan fingerprint density at radius 3 is 2.76 bits per heavy atom. The molecular formula is C25H22FN5O2. The lowest BCUT2D eigenvalue weighted by Gasteiger charge is -2.33. The van der Waals surface area contributed by atoms with Crippen molar-refractivity contribution in [3.8, 4) is 22.8 Å². The number of hydrogen-bond donors (Lipinski definition) is 0. The minimum Gasteiger partial charge on any atom is -0.356 e. The van der Waals surface area contributed by atoms with E-state index in [1.54, 1.807) is 29.4 Å². The molecule has 1 aromatic carbocycles. The molecule has 0 N–H and O–H groups in total. The molecule has 0 spiro atoms. The fourth-order valence-corrected chi connectivity index (χ4v) is 4.19. The molecule has 1 unspecified atom stereocenters. The molecule has 1 atom stereocenters. The number of rotatable bonds is 4. The number of aryl methyl sites for hydroxylation is 1. The van der Waals surface area contributed by atoms with Gasteiger partial charge in [0.1, 0.15) is 11.5 Å². The first-order valence-corrected chi connectivity index (χ1v) is 10.9. The van der Waals surface area contributed by atoms with Crippen LogP contribution in [0.4, 0.5) is 4.39 Å². The van der Waals surface area contributed by atoms with E-state index in [1.807, 2.05) is 31.2 Å². The number of carbonyl (C=O) groups excluding carboxylic acids is 1. The van der Waals surface area contributed by atoms with Gasteiger partial charge in [-0.15, -0.1) is 0 Å². The van der Waals surface area contributed by atoms with Gasteiger partial charge >= 0.3 is 0 Å². The van der Waals surface area contributed by atoms with Crippen LogP contribution in [0.3, 0.4) is 0 Å². The number of hydrogen-bond acceptors (Lipinski definition) is 6. The summed E-state index contributed by atoms with van der Waals surface area (Å²) in [4.78, 5) is 28.5. The molecule has 1 amide bonds. The number of aromatic nitrogens is 4. The number of nitrogens with zero attached hydrogens (tertiary/aromatic N) is 5. The molecule has 5 rings (SSSR count). The Hall–Kier alpha value is -3.94. The van der Waals surface area contributed by atoms with Crippen LogP contribution in [0.25, 0.3) is 22.8 Å². The van der Waals surface area contributed by atoms with Gasteiger partial charge < -0.3 is 9.42 Å². The Kier molecular flexibility index (Phi) is 5.64. The number of pyridine rings is 1. The zero-order valence-corrected chi connectivity index (χ0v) is 18.1. The Balaban J connectivity index is 1.52. The third-order valence-corrected chi connectivity index (χ3v) is 5.81. The first-order chi connectivity index (χ1) is 16.1. The average molecular weight is 443 g/mol. The van der Waals surface area contributed by atoms with Gasteiger partial charge in [-0.25, -0.2) is 14.4 Å². The summed E-state index contributed by atoms with van der Waals surface area (Å²) in [6, 6.07) is 13.5. The fourth-order valence-electron chi connectivity index (χ4n) is 4.19. The molecule has 0 saturated carbocycles. The van der Waals surface area contributed by atoms with E-state index in [2.05, 4.69) is 15.1 Å². The zero-order valence-electron chi connectivity index (χ0n) is 18.1. The van der Waals surface area contributed by atoms with Gasteiger partial charge in [0.05, 0.1) is 22.5 Å². The third-order valence-electron chi connectivity index (χ3n) is 5.81. The van der Waals surface area contributed by atoms with Crippen molar-refractivity contribution < 1.29 is 13.7 Å². The van der Waals surface area contributed by atoms with E-state index in [0.717, 1.165) is 29.8 Å². The number of carbonyl (C=O) groups is 1. The maximum Gasteiger partial charge on any atom is 0.256 e. The normalized spacial score (nSPS) is 16.1. The van der Waals surface area contributed by atoms with E-state index in [4.69, 9.17) is 9.51 Å². The molecule has 4 heterocycles. The molecule has 4 aromatic rings. The lowest BCUT2D eigenvalue weighted by molar-refractivity contribution is 0.0701. The fraction of sp³-hybridized carbons (Fsp3) is 0.240. The Morgan fingerprint density at radius 2 is 2.00 bits per heavy atom. The molecule has 7 nitrogen and oxygen atoms in total. The molecule has 3 aromatic heterocycles. The number of likely N-dealkylation sites (tertiary alicyclic amines) is 1. The predicted octanol–water partition coefficient (Wildman–Crippen LogP) is 4.66. The van der Waals surface area contributed by atoms with Crippen molar-refractivity contribution in [3.05, 3.63) is 83.7 Å². The van der Waals surface area contributed by atoms with Crippen LogP contribution < -0.4 is 0 Å². The zero-order chi connectivity index (χ0) is 22.8. The van der Waals surface area contributed by atoms with Gasteiger partial charge in [0.15, 0.2) is 11.6 Å². The van der Waals surface area contributed by atoms with Crippen molar-refractivity contribution in [3.63, 3.8) is 0 Å². The number of amides is 1. The van der Waals surface area contributed by atoms with Gasteiger partial charge in [-0.3, -0.25) is 9.78 Å². The van der Waals surface area contributed by atoms with Gasteiger partial charge in [0.2, 0.25) is 0 Å². The van der Waals surface area contributed by atoms with E-state index in [9.17, 15) is 9.18 Å². The summed E-state index contributed by atoms with van der Waals surface area (Å²) < 4.78 is 19.8. The van der Waals surface area contributed by atoms with Crippen molar-refractivity contribution in [1.82, 2.24) is 25.0 Å². The summed E-state index contributed by atoms with van der Waals surface area (Å²) in [5.41, 5.74) is 3.01. The van der Waals surface area contributed by atoms with Crippen LogP contribution in [0.2, 0.25) is 0 Å². The maximum atomic E-state index is 14.2. The average Bonchev–Trinajstić information content (AvgIpc) is 3.30. The summed E-state index contributed by atoms with van der Waals surface area (Å²) in [7, 11) is 0. The molecule has 8 heteroatoms. The van der Waals surface area contributed by atoms with Crippen LogP contribution >= 0.6 is 0 Å². The molecule has 1 aliphatic heterocycles. The van der Waals surface area contributed by atoms with Gasteiger partial charge in [-0.2, -0.15) is 0 Å². The van der Waals surface area contributed by atoms with Crippen LogP contribution in [-0.4, -0.2) is 44.0 Å². The number of benzene rings is 1. The topological polar surface area (TPSA) is 85.0 Å². The second-order valence-corrected chi connectivity index (χ2v) is 8.11. The Bertz CT molecular complexity index is 1290. The molecular weight excluding hydrogens is 421 g/mol. The highest BCUT2D eigenvalue weighted by atomic mass is 19.1. The summed E-state index contributed by atoms with van der Waals surface area (Å²) in [5, 5.41) is 4.00. The van der Waals surface area contributed by atoms with E-state index in [0.29, 0.717) is 30.4 Å². The summed E-state index contributed by atoms with van der Waals surface area (Å²) in [6.07, 6.45) is 5.04. The minimum absolute atomic E-state index is 0.0691. The summed E-state index contributed by atoms with van der Waals surface area (Å²) in [6.45, 7) is 2.84. The quantitative estimate of drug-likeness (QED) is 0.456. The molecule has 0 aliphatic carbocycles. The first-order valence-electron chi connectivity index (χ1n) is 10.9. The van der Waals surface area contributed by atoms with E-state index in [-0.39, 0.29) is 17.4 Å². The number of piperidine rings is 1. The second kappa shape index (κ2) is 8.90. The highest BCUT2D eigenvalue weighted by molar-refractivity contribution is 5.94. The summed E-state index contributed by atoms with van der Waals surface area (Å²) in [5.74, 6) is 0.187. The molecule has 1 aliphatic rings. The molecule has 1 fully saturated rings. The predicted molar refractivity (Wildman–Crippen MR) is 120 cm³/mol. The molecule has 33 heavy (non-hydrogen) atoms. The molecule has 166 valence electrons. The first kappa shape index (κ1) is 20.9. The smallest absolute Gasteiger partial charge is 0.256 e. The van der Waals surface area contributed by atoms with Crippen molar-refractivity contribution >= 4 is 5.91 Å². The van der Waals surface area contributed by atoms with Crippen LogP contribution in [0, 0.1) is 12.7 Å².